The Bertz CT molecular complexity index is 1890. The van der Waals surface area contributed by atoms with Crippen molar-refractivity contribution in [2.45, 2.75) is 12.5 Å². The van der Waals surface area contributed by atoms with E-state index in [-0.39, 0.29) is 24.3 Å². The lowest BCUT2D eigenvalue weighted by molar-refractivity contribution is -0.120. The SMILES string of the molecule is COc1ccccc1C(=O)NCc1cccc(C(=Nc2ccc(N(C)C(=O)CN3CCN(C)CC3)cc2)C2C(=O)Nc3cc(F)ccc32)c1. The molecular weight excluding hydrogens is 623 g/mol. The van der Waals surface area contributed by atoms with E-state index in [0.717, 1.165) is 37.4 Å². The standard InChI is InChI=1S/C38H39FN6O4/c1-43-17-19-45(20-18-43)24-34(46)44(2)29-14-12-28(13-15-29)41-36(35-30-16-11-27(39)22-32(30)42-38(35)48)26-8-6-7-25(21-26)23-40-37(47)31-9-4-5-10-33(31)49-3/h4-16,21-22,35H,17-20,23-24H2,1-3H3,(H,40,47)(H,42,48). The van der Waals surface area contributed by atoms with Crippen LogP contribution < -0.4 is 20.3 Å². The number of nitrogens with zero attached hydrogens (tertiary/aromatic N) is 4. The first kappa shape index (κ1) is 33.5. The van der Waals surface area contributed by atoms with Crippen LogP contribution >= 0.6 is 0 Å². The van der Waals surface area contributed by atoms with E-state index in [1.165, 1.54) is 19.2 Å². The van der Waals surface area contributed by atoms with Crippen molar-refractivity contribution >= 4 is 40.5 Å². The fraction of sp³-hybridized carbons (Fsp3) is 0.263. The predicted molar refractivity (Wildman–Crippen MR) is 188 cm³/mol. The van der Waals surface area contributed by atoms with Crippen LogP contribution in [0.15, 0.2) is 96.0 Å². The van der Waals surface area contributed by atoms with Crippen LogP contribution in [0.25, 0.3) is 0 Å². The third kappa shape index (κ3) is 7.69. The van der Waals surface area contributed by atoms with Crippen LogP contribution in [-0.4, -0.2) is 87.2 Å². The minimum Gasteiger partial charge on any atom is -0.496 e. The fourth-order valence-electron chi connectivity index (χ4n) is 6.09. The van der Waals surface area contributed by atoms with Crippen LogP contribution in [0.1, 0.15) is 33.0 Å². The normalized spacial score (nSPS) is 16.5. The van der Waals surface area contributed by atoms with E-state index in [2.05, 4.69) is 27.5 Å². The van der Waals surface area contributed by atoms with Gasteiger partial charge in [-0.15, -0.1) is 0 Å². The first-order valence-corrected chi connectivity index (χ1v) is 16.2. The molecule has 0 radical (unpaired) electrons. The summed E-state index contributed by atoms with van der Waals surface area (Å²) >= 11 is 0. The summed E-state index contributed by atoms with van der Waals surface area (Å²) in [6, 6.07) is 26.0. The molecule has 0 aliphatic carbocycles. The molecule has 2 aliphatic rings. The molecule has 4 aromatic rings. The van der Waals surface area contributed by atoms with Gasteiger partial charge in [-0.1, -0.05) is 36.4 Å². The first-order valence-electron chi connectivity index (χ1n) is 16.2. The molecular formula is C38H39FN6O4. The maximum absolute atomic E-state index is 14.1. The number of para-hydroxylation sites is 1. The van der Waals surface area contributed by atoms with Gasteiger partial charge in [0.1, 0.15) is 17.5 Å². The van der Waals surface area contributed by atoms with E-state index in [0.29, 0.717) is 46.1 Å². The largest absolute Gasteiger partial charge is 0.496 e. The predicted octanol–water partition coefficient (Wildman–Crippen LogP) is 4.83. The van der Waals surface area contributed by atoms with Crippen LogP contribution in [0.5, 0.6) is 5.75 Å². The van der Waals surface area contributed by atoms with Crippen molar-refractivity contribution in [2.24, 2.45) is 4.99 Å². The van der Waals surface area contributed by atoms with Gasteiger partial charge in [-0.25, -0.2) is 4.39 Å². The summed E-state index contributed by atoms with van der Waals surface area (Å²) in [6.45, 7) is 4.15. The summed E-state index contributed by atoms with van der Waals surface area (Å²) in [5, 5.41) is 5.74. The molecule has 0 spiro atoms. The molecule has 1 saturated heterocycles. The highest BCUT2D eigenvalue weighted by Crippen LogP contribution is 2.37. The van der Waals surface area contributed by atoms with Gasteiger partial charge in [0.15, 0.2) is 0 Å². The van der Waals surface area contributed by atoms with Crippen molar-refractivity contribution in [2.75, 3.05) is 64.1 Å². The number of piperazine rings is 1. The molecule has 2 N–H and O–H groups in total. The topological polar surface area (TPSA) is 107 Å². The van der Waals surface area contributed by atoms with Crippen molar-refractivity contribution in [1.82, 2.24) is 15.1 Å². The van der Waals surface area contributed by atoms with Gasteiger partial charge < -0.3 is 25.2 Å². The Morgan fingerprint density at radius 2 is 1.73 bits per heavy atom. The molecule has 3 amide bonds. The van der Waals surface area contributed by atoms with E-state index >= 15 is 0 Å². The second-order valence-electron chi connectivity index (χ2n) is 12.3. The van der Waals surface area contributed by atoms with Crippen molar-refractivity contribution in [3.8, 4) is 5.75 Å². The van der Waals surface area contributed by atoms with Gasteiger partial charge in [0.25, 0.3) is 5.91 Å². The molecule has 1 fully saturated rings. The van der Waals surface area contributed by atoms with Gasteiger partial charge in [0.05, 0.1) is 30.6 Å². The second-order valence-corrected chi connectivity index (χ2v) is 12.3. The van der Waals surface area contributed by atoms with Crippen LogP contribution in [0.2, 0.25) is 0 Å². The van der Waals surface area contributed by atoms with Gasteiger partial charge in [0.2, 0.25) is 11.8 Å². The van der Waals surface area contributed by atoms with Gasteiger partial charge in [-0.05, 0) is 78.3 Å². The Morgan fingerprint density at radius 3 is 2.49 bits per heavy atom. The lowest BCUT2D eigenvalue weighted by Gasteiger charge is -2.32. The Labute approximate surface area is 285 Å². The average molecular weight is 663 g/mol. The average Bonchev–Trinajstić information content (AvgIpc) is 3.44. The first-order chi connectivity index (χ1) is 23.7. The van der Waals surface area contributed by atoms with Gasteiger partial charge >= 0.3 is 0 Å². The highest BCUT2D eigenvalue weighted by molar-refractivity contribution is 6.24. The Hall–Kier alpha value is -5.39. The number of nitrogens with one attached hydrogen (secondary N) is 2. The number of carbonyl (C=O) groups is 3. The number of benzene rings is 4. The molecule has 252 valence electrons. The van der Waals surface area contributed by atoms with E-state index in [4.69, 9.17) is 9.73 Å². The van der Waals surface area contributed by atoms with Crippen LogP contribution in [-0.2, 0) is 16.1 Å². The number of halogens is 1. The van der Waals surface area contributed by atoms with Crippen LogP contribution in [0, 0.1) is 5.82 Å². The number of ether oxygens (including phenoxy) is 1. The van der Waals surface area contributed by atoms with Crippen LogP contribution in [0.4, 0.5) is 21.5 Å². The zero-order chi connectivity index (χ0) is 34.5. The molecule has 49 heavy (non-hydrogen) atoms. The highest BCUT2D eigenvalue weighted by atomic mass is 19.1. The summed E-state index contributed by atoms with van der Waals surface area (Å²) in [4.78, 5) is 50.5. The Balaban J connectivity index is 1.27. The molecule has 0 aromatic heterocycles. The minimum absolute atomic E-state index is 0.00238. The number of carbonyl (C=O) groups excluding carboxylic acids is 3. The molecule has 1 atom stereocenters. The molecule has 11 heteroatoms. The third-order valence-corrected chi connectivity index (χ3v) is 8.96. The number of amides is 3. The summed E-state index contributed by atoms with van der Waals surface area (Å²) in [6.07, 6.45) is 0. The van der Waals surface area contributed by atoms with Crippen molar-refractivity contribution in [3.05, 3.63) is 119 Å². The number of hydrogen-bond acceptors (Lipinski definition) is 7. The van der Waals surface area contributed by atoms with E-state index in [1.807, 2.05) is 48.5 Å². The molecule has 1 unspecified atom stereocenters. The zero-order valence-electron chi connectivity index (χ0n) is 27.8. The minimum atomic E-state index is -0.804. The van der Waals surface area contributed by atoms with Crippen molar-refractivity contribution in [3.63, 3.8) is 0 Å². The number of methoxy groups -OCH3 is 1. The number of rotatable bonds is 10. The molecule has 2 aliphatic heterocycles. The van der Waals surface area contributed by atoms with Crippen LogP contribution in [0.3, 0.4) is 0 Å². The molecule has 0 saturated carbocycles. The summed E-state index contributed by atoms with van der Waals surface area (Å²) in [7, 11) is 5.36. The summed E-state index contributed by atoms with van der Waals surface area (Å²) in [5.41, 5.74) is 4.68. The number of aliphatic imine (C=N–C) groups is 1. The number of likely N-dealkylation sites (N-methyl/N-ethyl adjacent to an activating group) is 2. The summed E-state index contributed by atoms with van der Waals surface area (Å²) < 4.78 is 19.4. The number of fused-ring (bicyclic) bond motifs is 1. The molecule has 2 heterocycles. The molecule has 10 nitrogen and oxygen atoms in total. The molecule has 6 rings (SSSR count). The number of anilines is 2. The van der Waals surface area contributed by atoms with E-state index in [1.54, 1.807) is 42.3 Å². The van der Waals surface area contributed by atoms with E-state index in [9.17, 15) is 18.8 Å². The van der Waals surface area contributed by atoms with Gasteiger partial charge in [-0.3, -0.25) is 24.3 Å². The monoisotopic (exact) mass is 662 g/mol. The smallest absolute Gasteiger partial charge is 0.255 e. The Morgan fingerprint density at radius 1 is 0.980 bits per heavy atom. The lowest BCUT2D eigenvalue weighted by atomic mass is 9.90. The summed E-state index contributed by atoms with van der Waals surface area (Å²) in [5.74, 6) is -1.38. The fourth-order valence-corrected chi connectivity index (χ4v) is 6.09. The van der Waals surface area contributed by atoms with Crippen molar-refractivity contribution in [1.29, 1.82) is 0 Å². The van der Waals surface area contributed by atoms with Gasteiger partial charge in [-0.2, -0.15) is 0 Å². The Kier molecular flexibility index (Phi) is 10.1. The maximum Gasteiger partial charge on any atom is 0.255 e. The van der Waals surface area contributed by atoms with Crippen molar-refractivity contribution < 1.29 is 23.5 Å². The highest BCUT2D eigenvalue weighted by Gasteiger charge is 2.36. The number of hydrogen-bond donors (Lipinski definition) is 2. The molecule has 4 aromatic carbocycles. The second kappa shape index (κ2) is 14.8. The maximum atomic E-state index is 14.1. The lowest BCUT2D eigenvalue weighted by Crippen LogP contribution is -2.48. The quantitative estimate of drug-likeness (QED) is 0.236. The van der Waals surface area contributed by atoms with E-state index < -0.39 is 11.7 Å². The molecule has 0 bridgehead atoms. The van der Waals surface area contributed by atoms with Gasteiger partial charge in [0, 0.05) is 51.1 Å². The third-order valence-electron chi connectivity index (χ3n) is 8.96. The zero-order valence-corrected chi connectivity index (χ0v) is 27.8.